The van der Waals surface area contributed by atoms with E-state index in [-0.39, 0.29) is 24.5 Å². The maximum absolute atomic E-state index is 12.0. The molecule has 4 heteroatoms. The Balaban J connectivity index is 3.48. The summed E-state index contributed by atoms with van der Waals surface area (Å²) in [7, 11) is 0. The zero-order valence-corrected chi connectivity index (χ0v) is 20.7. The minimum atomic E-state index is -0.212. The van der Waals surface area contributed by atoms with Crippen LogP contribution < -0.4 is 0 Å². The lowest BCUT2D eigenvalue weighted by Crippen LogP contribution is -2.28. The third-order valence-corrected chi connectivity index (χ3v) is 5.60. The monoisotopic (exact) mass is 426 g/mol. The van der Waals surface area contributed by atoms with Crippen molar-refractivity contribution in [1.82, 2.24) is 0 Å². The van der Waals surface area contributed by atoms with Crippen molar-refractivity contribution in [1.29, 1.82) is 0 Å². The summed E-state index contributed by atoms with van der Waals surface area (Å²) in [6.07, 6.45) is 16.6. The number of unbranched alkanes of at least 4 members (excludes halogenated alkanes) is 11. The van der Waals surface area contributed by atoms with E-state index in [1.54, 1.807) is 0 Å². The van der Waals surface area contributed by atoms with Crippen LogP contribution in [-0.2, 0) is 19.1 Å². The van der Waals surface area contributed by atoms with Crippen molar-refractivity contribution in [3.05, 3.63) is 0 Å². The second-order valence-electron chi connectivity index (χ2n) is 9.41. The van der Waals surface area contributed by atoms with Crippen LogP contribution in [0.2, 0.25) is 0 Å². The van der Waals surface area contributed by atoms with Gasteiger partial charge < -0.3 is 9.47 Å². The third kappa shape index (κ3) is 17.8. The van der Waals surface area contributed by atoms with E-state index in [9.17, 15) is 9.59 Å². The molecule has 0 fully saturated rings. The molecule has 0 aromatic heterocycles. The average Bonchev–Trinajstić information content (AvgIpc) is 2.69. The highest BCUT2D eigenvalue weighted by atomic mass is 16.5. The van der Waals surface area contributed by atoms with Crippen LogP contribution in [-0.4, -0.2) is 24.6 Å². The minimum absolute atomic E-state index is 0.0600. The Morgan fingerprint density at radius 1 is 0.600 bits per heavy atom. The maximum atomic E-state index is 12.0. The normalized spacial score (nSPS) is 11.5. The van der Waals surface area contributed by atoms with Crippen molar-refractivity contribution >= 4 is 11.9 Å². The number of hydrogen-bond donors (Lipinski definition) is 0. The van der Waals surface area contributed by atoms with E-state index in [4.69, 9.17) is 9.47 Å². The Hall–Kier alpha value is -1.06. The van der Waals surface area contributed by atoms with Crippen LogP contribution in [0.3, 0.4) is 0 Å². The first-order valence-corrected chi connectivity index (χ1v) is 12.7. The van der Waals surface area contributed by atoms with Gasteiger partial charge in [-0.25, -0.2) is 0 Å². The van der Waals surface area contributed by atoms with E-state index in [0.29, 0.717) is 31.3 Å². The van der Waals surface area contributed by atoms with Crippen molar-refractivity contribution in [2.45, 2.75) is 137 Å². The van der Waals surface area contributed by atoms with Gasteiger partial charge in [-0.2, -0.15) is 0 Å². The Kier molecular flexibility index (Phi) is 19.2. The standard InChI is InChI=1S/C26H50O4/c1-6-7-8-9-10-11-12-13-14-15-16-17-21-29-24(27)19-18-20-25(28)30-26(22(2)3)23(4)5/h22-23,26H,6-21H2,1-5H3. The molecule has 0 bridgehead atoms. The zero-order chi connectivity index (χ0) is 22.6. The van der Waals surface area contributed by atoms with Crippen LogP contribution in [0.4, 0.5) is 0 Å². The molecule has 0 radical (unpaired) electrons. The summed E-state index contributed by atoms with van der Waals surface area (Å²) in [5, 5.41) is 0. The summed E-state index contributed by atoms with van der Waals surface area (Å²) in [4.78, 5) is 23.7. The quantitative estimate of drug-likeness (QED) is 0.148. The largest absolute Gasteiger partial charge is 0.466 e. The van der Waals surface area contributed by atoms with Gasteiger partial charge in [0, 0.05) is 12.8 Å². The van der Waals surface area contributed by atoms with E-state index in [1.807, 2.05) is 0 Å². The average molecular weight is 427 g/mol. The molecule has 4 nitrogen and oxygen atoms in total. The molecule has 0 aliphatic heterocycles. The summed E-state index contributed by atoms with van der Waals surface area (Å²) in [6.45, 7) is 11.0. The number of ether oxygens (including phenoxy) is 2. The Bertz CT molecular complexity index is 409. The van der Waals surface area contributed by atoms with E-state index >= 15 is 0 Å². The van der Waals surface area contributed by atoms with E-state index < -0.39 is 0 Å². The van der Waals surface area contributed by atoms with E-state index in [0.717, 1.165) is 12.8 Å². The van der Waals surface area contributed by atoms with Crippen LogP contribution in [0.1, 0.15) is 131 Å². The lowest BCUT2D eigenvalue weighted by Gasteiger charge is -2.24. The molecule has 0 atom stereocenters. The summed E-state index contributed by atoms with van der Waals surface area (Å²) in [5.74, 6) is 0.190. The summed E-state index contributed by atoms with van der Waals surface area (Å²) < 4.78 is 10.8. The van der Waals surface area contributed by atoms with Gasteiger partial charge in [0.1, 0.15) is 6.10 Å². The summed E-state index contributed by atoms with van der Waals surface area (Å²) in [5.41, 5.74) is 0. The van der Waals surface area contributed by atoms with Gasteiger partial charge in [-0.1, -0.05) is 105 Å². The fourth-order valence-electron chi connectivity index (χ4n) is 3.83. The van der Waals surface area contributed by atoms with Gasteiger partial charge in [-0.3, -0.25) is 9.59 Å². The number of hydrogen-bond acceptors (Lipinski definition) is 4. The lowest BCUT2D eigenvalue weighted by molar-refractivity contribution is -0.154. The topological polar surface area (TPSA) is 52.6 Å². The molecule has 30 heavy (non-hydrogen) atoms. The Morgan fingerprint density at radius 3 is 1.50 bits per heavy atom. The first-order valence-electron chi connectivity index (χ1n) is 12.7. The van der Waals surface area contributed by atoms with Crippen molar-refractivity contribution in [3.63, 3.8) is 0 Å². The molecule has 0 aromatic rings. The Morgan fingerprint density at radius 2 is 1.03 bits per heavy atom. The molecule has 0 heterocycles. The van der Waals surface area contributed by atoms with Gasteiger partial charge in [-0.05, 0) is 24.7 Å². The fraction of sp³-hybridized carbons (Fsp3) is 0.923. The third-order valence-electron chi connectivity index (χ3n) is 5.60. The zero-order valence-electron chi connectivity index (χ0n) is 20.7. The first kappa shape index (κ1) is 28.9. The highest BCUT2D eigenvalue weighted by Crippen LogP contribution is 2.17. The van der Waals surface area contributed by atoms with Crippen molar-refractivity contribution < 1.29 is 19.1 Å². The molecular weight excluding hydrogens is 376 g/mol. The van der Waals surface area contributed by atoms with Crippen LogP contribution in [0.5, 0.6) is 0 Å². The van der Waals surface area contributed by atoms with Gasteiger partial charge in [0.25, 0.3) is 0 Å². The van der Waals surface area contributed by atoms with Crippen molar-refractivity contribution in [2.24, 2.45) is 11.8 Å². The predicted molar refractivity (Wildman–Crippen MR) is 125 cm³/mol. The highest BCUT2D eigenvalue weighted by molar-refractivity contribution is 5.72. The maximum Gasteiger partial charge on any atom is 0.306 e. The lowest BCUT2D eigenvalue weighted by atomic mass is 9.96. The second-order valence-corrected chi connectivity index (χ2v) is 9.41. The van der Waals surface area contributed by atoms with Crippen LogP contribution in [0.25, 0.3) is 0 Å². The number of rotatable bonds is 20. The molecular formula is C26H50O4. The summed E-state index contributed by atoms with van der Waals surface area (Å²) in [6, 6.07) is 0. The van der Waals surface area contributed by atoms with Gasteiger partial charge >= 0.3 is 11.9 Å². The highest BCUT2D eigenvalue weighted by Gasteiger charge is 2.21. The van der Waals surface area contributed by atoms with Gasteiger partial charge in [0.2, 0.25) is 0 Å². The van der Waals surface area contributed by atoms with Gasteiger partial charge in [0.05, 0.1) is 6.61 Å². The SMILES string of the molecule is CCCCCCCCCCCCCCOC(=O)CCCC(=O)OC(C(C)C)C(C)C. The van der Waals surface area contributed by atoms with Crippen molar-refractivity contribution in [3.8, 4) is 0 Å². The molecule has 0 aliphatic rings. The molecule has 0 rings (SSSR count). The summed E-state index contributed by atoms with van der Waals surface area (Å²) >= 11 is 0. The Labute approximate surface area is 186 Å². The van der Waals surface area contributed by atoms with Gasteiger partial charge in [0.15, 0.2) is 0 Å². The number of carbonyl (C=O) groups is 2. The van der Waals surface area contributed by atoms with E-state index in [1.165, 1.54) is 64.2 Å². The van der Waals surface area contributed by atoms with Gasteiger partial charge in [-0.15, -0.1) is 0 Å². The molecule has 0 saturated heterocycles. The molecule has 0 N–H and O–H groups in total. The molecule has 0 spiro atoms. The molecule has 178 valence electrons. The van der Waals surface area contributed by atoms with Crippen LogP contribution in [0.15, 0.2) is 0 Å². The van der Waals surface area contributed by atoms with Crippen molar-refractivity contribution in [2.75, 3.05) is 6.61 Å². The fourth-order valence-corrected chi connectivity index (χ4v) is 3.83. The predicted octanol–water partition coefficient (Wildman–Crippen LogP) is 7.62. The number of esters is 2. The number of carbonyl (C=O) groups excluding carboxylic acids is 2. The first-order chi connectivity index (χ1) is 14.4. The molecule has 0 aliphatic carbocycles. The smallest absolute Gasteiger partial charge is 0.306 e. The van der Waals surface area contributed by atoms with Crippen LogP contribution in [0, 0.1) is 11.8 Å². The molecule has 0 amide bonds. The van der Waals surface area contributed by atoms with E-state index in [2.05, 4.69) is 34.6 Å². The molecule has 0 saturated carbocycles. The minimum Gasteiger partial charge on any atom is -0.466 e. The second kappa shape index (κ2) is 19.9. The molecule has 0 unspecified atom stereocenters. The van der Waals surface area contributed by atoms with Crippen LogP contribution >= 0.6 is 0 Å². The molecule has 0 aromatic carbocycles.